The molecular formula is C17H29NO7. The second-order valence-corrected chi connectivity index (χ2v) is 7.41. The van der Waals surface area contributed by atoms with Gasteiger partial charge in [-0.3, -0.25) is 9.59 Å². The number of amides is 1. The molecule has 0 aliphatic heterocycles. The van der Waals surface area contributed by atoms with Gasteiger partial charge in [0.25, 0.3) is 0 Å². The Balaban J connectivity index is 4.95. The van der Waals surface area contributed by atoms with Crippen LogP contribution >= 0.6 is 0 Å². The van der Waals surface area contributed by atoms with Crippen molar-refractivity contribution in [1.29, 1.82) is 0 Å². The molecule has 1 N–H and O–H groups in total. The maximum Gasteiger partial charge on any atom is 0.396 e. The fourth-order valence-corrected chi connectivity index (χ4v) is 1.69. The van der Waals surface area contributed by atoms with E-state index in [1.54, 1.807) is 48.5 Å². The molecule has 0 saturated heterocycles. The molecule has 8 nitrogen and oxygen atoms in total. The molecule has 1 amide bonds. The quantitative estimate of drug-likeness (QED) is 0.435. The predicted octanol–water partition coefficient (Wildman–Crippen LogP) is 1.50. The van der Waals surface area contributed by atoms with Crippen molar-refractivity contribution < 1.29 is 33.4 Å². The normalized spacial score (nSPS) is 12.8. The van der Waals surface area contributed by atoms with E-state index < -0.39 is 41.1 Å². The Morgan fingerprint density at radius 3 is 1.88 bits per heavy atom. The van der Waals surface area contributed by atoms with Crippen LogP contribution in [-0.2, 0) is 33.4 Å². The Bertz CT molecular complexity index is 500. The van der Waals surface area contributed by atoms with Gasteiger partial charge in [-0.25, -0.2) is 9.59 Å². The summed E-state index contributed by atoms with van der Waals surface area (Å²) < 4.78 is 15.0. The number of hydrogen-bond acceptors (Lipinski definition) is 7. The van der Waals surface area contributed by atoms with Crippen molar-refractivity contribution in [3.05, 3.63) is 0 Å². The highest BCUT2D eigenvalue weighted by Gasteiger charge is 2.30. The lowest BCUT2D eigenvalue weighted by Gasteiger charge is -2.25. The van der Waals surface area contributed by atoms with Crippen molar-refractivity contribution in [3.8, 4) is 0 Å². The van der Waals surface area contributed by atoms with E-state index in [0.717, 1.165) is 0 Å². The smallest absolute Gasteiger partial charge is 0.396 e. The van der Waals surface area contributed by atoms with Crippen molar-refractivity contribution in [2.75, 3.05) is 6.61 Å². The van der Waals surface area contributed by atoms with Crippen LogP contribution in [0.4, 0.5) is 0 Å². The van der Waals surface area contributed by atoms with E-state index in [2.05, 4.69) is 10.1 Å². The second kappa shape index (κ2) is 9.39. The SMILES string of the molecule is CCOC(=O)C(=O)NC(CCC(=O)OC(C)(C)C)C(=O)OC(C)(C)C. The Morgan fingerprint density at radius 1 is 0.920 bits per heavy atom. The highest BCUT2D eigenvalue weighted by molar-refractivity contribution is 6.32. The summed E-state index contributed by atoms with van der Waals surface area (Å²) in [5.41, 5.74) is -1.44. The monoisotopic (exact) mass is 359 g/mol. The van der Waals surface area contributed by atoms with Gasteiger partial charge in [-0.15, -0.1) is 0 Å². The van der Waals surface area contributed by atoms with E-state index >= 15 is 0 Å². The number of hydrogen-bond donors (Lipinski definition) is 1. The van der Waals surface area contributed by atoms with Crippen molar-refractivity contribution in [2.45, 2.75) is 78.6 Å². The van der Waals surface area contributed by atoms with Crippen molar-refractivity contribution in [1.82, 2.24) is 5.32 Å². The lowest BCUT2D eigenvalue weighted by atomic mass is 10.1. The molecule has 8 heteroatoms. The fourth-order valence-electron chi connectivity index (χ4n) is 1.69. The average molecular weight is 359 g/mol. The Hall–Kier alpha value is -2.12. The minimum absolute atomic E-state index is 0.0290. The van der Waals surface area contributed by atoms with E-state index in [-0.39, 0.29) is 19.4 Å². The summed E-state index contributed by atoms with van der Waals surface area (Å²) in [6.45, 7) is 11.8. The number of carbonyl (C=O) groups excluding carboxylic acids is 4. The van der Waals surface area contributed by atoms with Gasteiger partial charge in [-0.05, 0) is 54.9 Å². The molecule has 0 fully saturated rings. The third-order valence-electron chi connectivity index (χ3n) is 2.51. The van der Waals surface area contributed by atoms with E-state index in [1.807, 2.05) is 0 Å². The number of rotatable bonds is 6. The predicted molar refractivity (Wildman–Crippen MR) is 89.5 cm³/mol. The lowest BCUT2D eigenvalue weighted by molar-refractivity contribution is -0.162. The van der Waals surface area contributed by atoms with Crippen molar-refractivity contribution in [2.24, 2.45) is 0 Å². The first-order valence-corrected chi connectivity index (χ1v) is 8.17. The molecule has 0 aromatic rings. The summed E-state index contributed by atoms with van der Waals surface area (Å²) in [6, 6.07) is -1.16. The first-order chi connectivity index (χ1) is 11.2. The third-order valence-corrected chi connectivity index (χ3v) is 2.51. The number of esters is 3. The van der Waals surface area contributed by atoms with Crippen molar-refractivity contribution in [3.63, 3.8) is 0 Å². The zero-order valence-corrected chi connectivity index (χ0v) is 16.1. The minimum Gasteiger partial charge on any atom is -0.460 e. The van der Waals surface area contributed by atoms with Gasteiger partial charge in [-0.2, -0.15) is 0 Å². The highest BCUT2D eigenvalue weighted by Crippen LogP contribution is 2.13. The average Bonchev–Trinajstić information content (AvgIpc) is 2.39. The van der Waals surface area contributed by atoms with Crippen LogP contribution in [0.2, 0.25) is 0 Å². The van der Waals surface area contributed by atoms with Gasteiger partial charge in [0.15, 0.2) is 0 Å². The molecule has 0 saturated carbocycles. The van der Waals surface area contributed by atoms with E-state index in [9.17, 15) is 19.2 Å². The molecule has 0 rings (SSSR count). The zero-order chi connectivity index (χ0) is 19.8. The lowest BCUT2D eigenvalue weighted by Crippen LogP contribution is -2.47. The first-order valence-electron chi connectivity index (χ1n) is 8.17. The van der Waals surface area contributed by atoms with Gasteiger partial charge in [0.05, 0.1) is 6.61 Å². The van der Waals surface area contributed by atoms with Crippen LogP contribution < -0.4 is 5.32 Å². The van der Waals surface area contributed by atoms with E-state index in [4.69, 9.17) is 9.47 Å². The van der Waals surface area contributed by atoms with Crippen LogP contribution in [0.25, 0.3) is 0 Å². The van der Waals surface area contributed by atoms with Crippen LogP contribution in [0, 0.1) is 0 Å². The van der Waals surface area contributed by atoms with Gasteiger partial charge in [-0.1, -0.05) is 0 Å². The molecular weight excluding hydrogens is 330 g/mol. The van der Waals surface area contributed by atoms with Crippen LogP contribution in [0.15, 0.2) is 0 Å². The molecule has 0 aliphatic rings. The maximum absolute atomic E-state index is 12.2. The van der Waals surface area contributed by atoms with Crippen LogP contribution in [0.5, 0.6) is 0 Å². The summed E-state index contributed by atoms with van der Waals surface area (Å²) in [5.74, 6) is -3.43. The molecule has 0 radical (unpaired) electrons. The molecule has 1 unspecified atom stereocenters. The first kappa shape index (κ1) is 22.9. The van der Waals surface area contributed by atoms with Gasteiger partial charge in [0.2, 0.25) is 0 Å². The molecule has 0 heterocycles. The summed E-state index contributed by atoms with van der Waals surface area (Å²) >= 11 is 0. The number of carbonyl (C=O) groups is 4. The van der Waals surface area contributed by atoms with Crippen LogP contribution in [0.3, 0.4) is 0 Å². The topological polar surface area (TPSA) is 108 Å². The van der Waals surface area contributed by atoms with E-state index in [0.29, 0.717) is 0 Å². The zero-order valence-electron chi connectivity index (χ0n) is 16.1. The van der Waals surface area contributed by atoms with Gasteiger partial charge < -0.3 is 19.5 Å². The largest absolute Gasteiger partial charge is 0.460 e. The van der Waals surface area contributed by atoms with Crippen LogP contribution in [-0.4, -0.2) is 47.7 Å². The number of nitrogens with one attached hydrogen (secondary N) is 1. The summed E-state index contributed by atoms with van der Waals surface area (Å²) in [4.78, 5) is 47.3. The molecule has 0 aliphatic carbocycles. The minimum atomic E-state index is -1.16. The molecule has 0 aromatic heterocycles. The second-order valence-electron chi connectivity index (χ2n) is 7.41. The molecule has 144 valence electrons. The molecule has 25 heavy (non-hydrogen) atoms. The Labute approximate surface area is 148 Å². The Kier molecular flexibility index (Phi) is 8.59. The molecule has 1 atom stereocenters. The summed E-state index contributed by atoms with van der Waals surface area (Å²) in [5, 5.41) is 2.25. The third kappa shape index (κ3) is 11.1. The van der Waals surface area contributed by atoms with Crippen LogP contribution in [0.1, 0.15) is 61.3 Å². The fraction of sp³-hybridized carbons (Fsp3) is 0.765. The summed E-state index contributed by atoms with van der Waals surface area (Å²) in [6.07, 6.45) is -0.181. The van der Waals surface area contributed by atoms with E-state index in [1.165, 1.54) is 0 Å². The van der Waals surface area contributed by atoms with Gasteiger partial charge in [0.1, 0.15) is 17.2 Å². The summed E-state index contributed by atoms with van der Waals surface area (Å²) in [7, 11) is 0. The van der Waals surface area contributed by atoms with Crippen molar-refractivity contribution >= 4 is 23.8 Å². The molecule has 0 spiro atoms. The highest BCUT2D eigenvalue weighted by atomic mass is 16.6. The Morgan fingerprint density at radius 2 is 1.44 bits per heavy atom. The maximum atomic E-state index is 12.2. The van der Waals surface area contributed by atoms with Gasteiger partial charge in [0, 0.05) is 6.42 Å². The molecule has 0 bridgehead atoms. The van der Waals surface area contributed by atoms with Gasteiger partial charge >= 0.3 is 23.8 Å². The molecule has 0 aromatic carbocycles. The number of ether oxygens (including phenoxy) is 3. The standard InChI is InChI=1S/C17H29NO7/c1-8-23-15(22)13(20)18-11(14(21)25-17(5,6)7)9-10-12(19)24-16(2,3)4/h11H,8-10H2,1-7H3,(H,18,20).